The molecule has 2 aromatic rings. The number of rotatable bonds is 8. The third-order valence-electron chi connectivity index (χ3n) is 4.45. The predicted molar refractivity (Wildman–Crippen MR) is 118 cm³/mol. The average Bonchev–Trinajstić information content (AvgIpc) is 2.74. The van der Waals surface area contributed by atoms with Gasteiger partial charge in [0, 0.05) is 20.3 Å². The van der Waals surface area contributed by atoms with E-state index in [1.807, 2.05) is 18.2 Å². The summed E-state index contributed by atoms with van der Waals surface area (Å²) >= 11 is 3.44. The Labute approximate surface area is 183 Å². The third kappa shape index (κ3) is 5.20. The van der Waals surface area contributed by atoms with E-state index in [4.69, 9.17) is 14.2 Å². The molecule has 0 spiro atoms. The van der Waals surface area contributed by atoms with Gasteiger partial charge in [0.05, 0.1) is 17.3 Å². The normalized spacial score (nSPS) is 14.3. The average molecular weight is 475 g/mol. The van der Waals surface area contributed by atoms with Crippen LogP contribution < -0.4 is 19.7 Å². The minimum atomic E-state index is -0.382. The Hall–Kier alpha value is -2.84. The van der Waals surface area contributed by atoms with Crippen molar-refractivity contribution >= 4 is 39.5 Å². The van der Waals surface area contributed by atoms with Crippen molar-refractivity contribution in [3.8, 4) is 11.5 Å². The second kappa shape index (κ2) is 10.3. The van der Waals surface area contributed by atoms with Crippen molar-refractivity contribution in [3.63, 3.8) is 0 Å². The smallest absolute Gasteiger partial charge is 0.294 e. The maximum absolute atomic E-state index is 13.1. The standard InChI is InChI=1S/C22H23BrN2O5/c1-28-11-5-10-24-21(26)14-25-17-6-3-4-7-19(17)30-20(22(25)27)13-15-8-9-18(29-2)16(23)12-15/h3-4,6-9,12-13H,5,10-11,14H2,1-2H3,(H,24,26)/b20-13+. The number of nitrogens with one attached hydrogen (secondary N) is 1. The lowest BCUT2D eigenvalue weighted by Crippen LogP contribution is -2.44. The fourth-order valence-electron chi connectivity index (χ4n) is 2.99. The predicted octanol–water partition coefficient (Wildman–Crippen LogP) is 3.38. The molecule has 0 saturated heterocycles. The molecule has 0 saturated carbocycles. The number of hydrogen-bond donors (Lipinski definition) is 1. The number of anilines is 1. The zero-order chi connectivity index (χ0) is 21.5. The number of para-hydroxylation sites is 2. The molecule has 1 aliphatic heterocycles. The fourth-order valence-corrected chi connectivity index (χ4v) is 3.55. The summed E-state index contributed by atoms with van der Waals surface area (Å²) < 4.78 is 16.8. The first-order valence-corrected chi connectivity index (χ1v) is 10.2. The number of carbonyl (C=O) groups is 2. The number of hydrogen-bond acceptors (Lipinski definition) is 5. The molecule has 3 rings (SSSR count). The Kier molecular flexibility index (Phi) is 7.48. The summed E-state index contributed by atoms with van der Waals surface area (Å²) in [5.74, 6) is 0.710. The number of nitrogens with zero attached hydrogens (tertiary/aromatic N) is 1. The van der Waals surface area contributed by atoms with Gasteiger partial charge in [0.1, 0.15) is 12.3 Å². The van der Waals surface area contributed by atoms with Crippen LogP contribution in [0.2, 0.25) is 0 Å². The van der Waals surface area contributed by atoms with Crippen LogP contribution in [0.1, 0.15) is 12.0 Å². The van der Waals surface area contributed by atoms with Crippen LogP contribution in [-0.2, 0) is 14.3 Å². The maximum Gasteiger partial charge on any atom is 0.294 e. The summed E-state index contributed by atoms with van der Waals surface area (Å²) in [4.78, 5) is 26.9. The molecule has 1 N–H and O–H groups in total. The first-order valence-electron chi connectivity index (χ1n) is 9.43. The van der Waals surface area contributed by atoms with Gasteiger partial charge in [-0.05, 0) is 58.3 Å². The molecular weight excluding hydrogens is 452 g/mol. The number of carbonyl (C=O) groups excluding carboxylic acids is 2. The van der Waals surface area contributed by atoms with Crippen LogP contribution in [-0.4, -0.2) is 45.7 Å². The van der Waals surface area contributed by atoms with E-state index in [2.05, 4.69) is 21.2 Å². The number of fused-ring (bicyclic) bond motifs is 1. The van der Waals surface area contributed by atoms with E-state index in [9.17, 15) is 9.59 Å². The van der Waals surface area contributed by atoms with Gasteiger partial charge in [-0.2, -0.15) is 0 Å². The Morgan fingerprint density at radius 2 is 2.03 bits per heavy atom. The molecule has 0 unspecified atom stereocenters. The lowest BCUT2D eigenvalue weighted by molar-refractivity contribution is -0.123. The van der Waals surface area contributed by atoms with Crippen LogP contribution in [0, 0.1) is 0 Å². The van der Waals surface area contributed by atoms with Crippen LogP contribution in [0.5, 0.6) is 11.5 Å². The van der Waals surface area contributed by atoms with Gasteiger partial charge in [0.2, 0.25) is 5.91 Å². The number of amides is 2. The molecule has 2 amide bonds. The van der Waals surface area contributed by atoms with E-state index in [1.54, 1.807) is 44.6 Å². The highest BCUT2D eigenvalue weighted by atomic mass is 79.9. The number of halogens is 1. The minimum Gasteiger partial charge on any atom is -0.496 e. The van der Waals surface area contributed by atoms with Gasteiger partial charge in [0.15, 0.2) is 11.5 Å². The van der Waals surface area contributed by atoms with Gasteiger partial charge in [-0.3, -0.25) is 14.5 Å². The Morgan fingerprint density at radius 3 is 2.77 bits per heavy atom. The number of ether oxygens (including phenoxy) is 3. The van der Waals surface area contributed by atoms with Gasteiger partial charge in [-0.1, -0.05) is 18.2 Å². The Morgan fingerprint density at radius 1 is 1.23 bits per heavy atom. The Bertz CT molecular complexity index is 960. The van der Waals surface area contributed by atoms with Crippen molar-refractivity contribution in [2.24, 2.45) is 0 Å². The molecule has 158 valence electrons. The second-order valence-corrected chi connectivity index (χ2v) is 7.41. The molecule has 0 aromatic heterocycles. The van der Waals surface area contributed by atoms with Gasteiger partial charge >= 0.3 is 0 Å². The molecule has 1 heterocycles. The molecule has 0 aliphatic carbocycles. The van der Waals surface area contributed by atoms with Crippen LogP contribution >= 0.6 is 15.9 Å². The zero-order valence-electron chi connectivity index (χ0n) is 16.8. The second-order valence-electron chi connectivity index (χ2n) is 6.56. The van der Waals surface area contributed by atoms with Crippen molar-refractivity contribution < 1.29 is 23.8 Å². The maximum atomic E-state index is 13.1. The van der Waals surface area contributed by atoms with Crippen LogP contribution in [0.15, 0.2) is 52.7 Å². The highest BCUT2D eigenvalue weighted by Gasteiger charge is 2.31. The first kappa shape index (κ1) is 21.9. The topological polar surface area (TPSA) is 77.1 Å². The van der Waals surface area contributed by atoms with Crippen molar-refractivity contribution in [3.05, 3.63) is 58.3 Å². The van der Waals surface area contributed by atoms with E-state index in [0.717, 1.165) is 10.0 Å². The van der Waals surface area contributed by atoms with Gasteiger partial charge in [-0.25, -0.2) is 0 Å². The summed E-state index contributed by atoms with van der Waals surface area (Å²) in [6.07, 6.45) is 2.35. The molecule has 30 heavy (non-hydrogen) atoms. The van der Waals surface area contributed by atoms with E-state index in [0.29, 0.717) is 36.8 Å². The summed E-state index contributed by atoms with van der Waals surface area (Å²) in [7, 11) is 3.20. The van der Waals surface area contributed by atoms with Gasteiger partial charge in [-0.15, -0.1) is 0 Å². The highest BCUT2D eigenvalue weighted by molar-refractivity contribution is 9.10. The van der Waals surface area contributed by atoms with Crippen molar-refractivity contribution in [2.45, 2.75) is 6.42 Å². The summed E-state index contributed by atoms with van der Waals surface area (Å²) in [5.41, 5.74) is 1.32. The van der Waals surface area contributed by atoms with Gasteiger partial charge < -0.3 is 19.5 Å². The number of benzene rings is 2. The third-order valence-corrected chi connectivity index (χ3v) is 5.07. The molecule has 2 aromatic carbocycles. The van der Waals surface area contributed by atoms with E-state index >= 15 is 0 Å². The molecule has 1 aliphatic rings. The molecule has 0 atom stereocenters. The molecule has 7 nitrogen and oxygen atoms in total. The monoisotopic (exact) mass is 474 g/mol. The van der Waals surface area contributed by atoms with Gasteiger partial charge in [0.25, 0.3) is 5.91 Å². The molecular formula is C22H23BrN2O5. The zero-order valence-corrected chi connectivity index (χ0v) is 18.4. The highest BCUT2D eigenvalue weighted by Crippen LogP contribution is 2.36. The number of methoxy groups -OCH3 is 2. The van der Waals surface area contributed by atoms with Crippen molar-refractivity contribution in [1.82, 2.24) is 5.32 Å². The summed E-state index contributed by atoms with van der Waals surface area (Å²) in [6, 6.07) is 12.6. The molecule has 0 fully saturated rings. The first-order chi connectivity index (χ1) is 14.5. The SMILES string of the molecule is COCCCNC(=O)CN1C(=O)/C(=C\c2ccc(OC)c(Br)c2)Oc2ccccc21. The quantitative estimate of drug-likeness (QED) is 0.468. The molecule has 0 radical (unpaired) electrons. The molecule has 8 heteroatoms. The van der Waals surface area contributed by atoms with Crippen LogP contribution in [0.25, 0.3) is 6.08 Å². The Balaban J connectivity index is 1.83. The van der Waals surface area contributed by atoms with E-state index < -0.39 is 0 Å². The van der Waals surface area contributed by atoms with E-state index in [-0.39, 0.29) is 24.1 Å². The lowest BCUT2D eigenvalue weighted by atomic mass is 10.1. The molecule has 0 bridgehead atoms. The van der Waals surface area contributed by atoms with Crippen molar-refractivity contribution in [1.29, 1.82) is 0 Å². The minimum absolute atomic E-state index is 0.101. The van der Waals surface area contributed by atoms with E-state index in [1.165, 1.54) is 4.90 Å². The lowest BCUT2D eigenvalue weighted by Gasteiger charge is -2.30. The van der Waals surface area contributed by atoms with Crippen LogP contribution in [0.4, 0.5) is 5.69 Å². The largest absolute Gasteiger partial charge is 0.496 e. The fraction of sp³-hybridized carbons (Fsp3) is 0.273. The summed E-state index contributed by atoms with van der Waals surface area (Å²) in [6.45, 7) is 0.940. The summed E-state index contributed by atoms with van der Waals surface area (Å²) in [5, 5.41) is 2.81. The van der Waals surface area contributed by atoms with Crippen molar-refractivity contribution in [2.75, 3.05) is 38.8 Å². The van der Waals surface area contributed by atoms with Crippen LogP contribution in [0.3, 0.4) is 0 Å².